The van der Waals surface area contributed by atoms with Crippen molar-refractivity contribution < 1.29 is 0 Å². The number of aliphatic imine (C=N–C) groups is 1. The van der Waals surface area contributed by atoms with Gasteiger partial charge in [0.25, 0.3) is 0 Å². The van der Waals surface area contributed by atoms with Crippen LogP contribution >= 0.6 is 11.8 Å². The molecule has 1 rings (SSSR count). The second-order valence-electron chi connectivity index (χ2n) is 2.61. The molecule has 2 N–H and O–H groups in total. The van der Waals surface area contributed by atoms with Crippen molar-refractivity contribution in [1.82, 2.24) is 0 Å². The quantitative estimate of drug-likeness (QED) is 0.461. The standard InChI is InChI=1S/C7H14N2S/c1-6(8)9-7-2-4-10-5-3-7/h7H,2-5H2,1H3,(H2,8,9). The molecule has 0 saturated carbocycles. The monoisotopic (exact) mass is 158 g/mol. The van der Waals surface area contributed by atoms with E-state index in [2.05, 4.69) is 4.99 Å². The largest absolute Gasteiger partial charge is 0.388 e. The molecule has 58 valence electrons. The molecular formula is C7H14N2S. The second kappa shape index (κ2) is 3.86. The fraction of sp³-hybridized carbons (Fsp3) is 0.857. The molecule has 1 aliphatic heterocycles. The number of nitrogens with zero attached hydrogens (tertiary/aromatic N) is 1. The van der Waals surface area contributed by atoms with E-state index in [4.69, 9.17) is 5.73 Å². The van der Waals surface area contributed by atoms with Gasteiger partial charge in [-0.25, -0.2) is 0 Å². The van der Waals surface area contributed by atoms with Crippen LogP contribution in [0.25, 0.3) is 0 Å². The lowest BCUT2D eigenvalue weighted by atomic mass is 10.2. The first kappa shape index (κ1) is 7.92. The van der Waals surface area contributed by atoms with Crippen molar-refractivity contribution in [1.29, 1.82) is 0 Å². The Morgan fingerprint density at radius 1 is 1.50 bits per heavy atom. The van der Waals surface area contributed by atoms with Gasteiger partial charge in [0.1, 0.15) is 0 Å². The van der Waals surface area contributed by atoms with E-state index in [0.29, 0.717) is 6.04 Å². The molecule has 1 heterocycles. The highest BCUT2D eigenvalue weighted by atomic mass is 32.2. The Kier molecular flexibility index (Phi) is 3.06. The van der Waals surface area contributed by atoms with Crippen molar-refractivity contribution in [2.75, 3.05) is 11.5 Å². The predicted molar refractivity (Wildman–Crippen MR) is 47.6 cm³/mol. The van der Waals surface area contributed by atoms with Gasteiger partial charge in [-0.3, -0.25) is 4.99 Å². The van der Waals surface area contributed by atoms with Crippen LogP contribution in [0.3, 0.4) is 0 Å². The van der Waals surface area contributed by atoms with Gasteiger partial charge in [0, 0.05) is 0 Å². The Hall–Kier alpha value is -0.180. The summed E-state index contributed by atoms with van der Waals surface area (Å²) in [4.78, 5) is 4.32. The summed E-state index contributed by atoms with van der Waals surface area (Å²) in [5, 5.41) is 0. The average Bonchev–Trinajstić information content (AvgIpc) is 1.88. The Bertz CT molecular complexity index is 124. The van der Waals surface area contributed by atoms with Crippen LogP contribution in [0.4, 0.5) is 0 Å². The highest BCUT2D eigenvalue weighted by Crippen LogP contribution is 2.19. The van der Waals surface area contributed by atoms with E-state index >= 15 is 0 Å². The van der Waals surface area contributed by atoms with E-state index in [9.17, 15) is 0 Å². The maximum atomic E-state index is 5.47. The van der Waals surface area contributed by atoms with Crippen LogP contribution in [0.5, 0.6) is 0 Å². The molecule has 0 aliphatic carbocycles. The number of thioether (sulfide) groups is 1. The van der Waals surface area contributed by atoms with Crippen LogP contribution in [0.15, 0.2) is 4.99 Å². The summed E-state index contributed by atoms with van der Waals surface area (Å²) in [7, 11) is 0. The molecule has 0 aromatic carbocycles. The van der Waals surface area contributed by atoms with Crippen molar-refractivity contribution in [3.05, 3.63) is 0 Å². The summed E-state index contributed by atoms with van der Waals surface area (Å²) in [5.74, 6) is 3.24. The number of hydrogen-bond donors (Lipinski definition) is 1. The summed E-state index contributed by atoms with van der Waals surface area (Å²) in [5.41, 5.74) is 5.47. The van der Waals surface area contributed by atoms with Gasteiger partial charge >= 0.3 is 0 Å². The average molecular weight is 158 g/mol. The van der Waals surface area contributed by atoms with E-state index in [-0.39, 0.29) is 0 Å². The van der Waals surface area contributed by atoms with E-state index in [0.717, 1.165) is 5.84 Å². The first-order chi connectivity index (χ1) is 4.79. The van der Waals surface area contributed by atoms with Gasteiger partial charge in [0.15, 0.2) is 0 Å². The molecule has 0 bridgehead atoms. The van der Waals surface area contributed by atoms with Crippen molar-refractivity contribution in [2.24, 2.45) is 10.7 Å². The molecule has 0 aromatic rings. The molecule has 0 amide bonds. The molecule has 0 spiro atoms. The Balaban J connectivity index is 2.33. The minimum Gasteiger partial charge on any atom is -0.388 e. The molecule has 1 fully saturated rings. The highest BCUT2D eigenvalue weighted by Gasteiger charge is 2.11. The summed E-state index contributed by atoms with van der Waals surface area (Å²) in [6, 6.07) is 0.520. The van der Waals surface area contributed by atoms with E-state index < -0.39 is 0 Å². The summed E-state index contributed by atoms with van der Waals surface area (Å²) < 4.78 is 0. The Labute approximate surface area is 66.3 Å². The van der Waals surface area contributed by atoms with E-state index in [1.807, 2.05) is 18.7 Å². The molecule has 0 unspecified atom stereocenters. The second-order valence-corrected chi connectivity index (χ2v) is 3.84. The van der Waals surface area contributed by atoms with Crippen LogP contribution < -0.4 is 5.73 Å². The number of hydrogen-bond acceptors (Lipinski definition) is 2. The third kappa shape index (κ3) is 2.60. The lowest BCUT2D eigenvalue weighted by molar-refractivity contribution is 0.626. The smallest absolute Gasteiger partial charge is 0.0909 e. The zero-order valence-electron chi connectivity index (χ0n) is 6.34. The van der Waals surface area contributed by atoms with Crippen LogP contribution in [0, 0.1) is 0 Å². The van der Waals surface area contributed by atoms with Crippen LogP contribution in [-0.2, 0) is 0 Å². The maximum absolute atomic E-state index is 5.47. The molecule has 1 saturated heterocycles. The SMILES string of the molecule is CC(N)=NC1CCSCC1. The van der Waals surface area contributed by atoms with Crippen molar-refractivity contribution in [3.8, 4) is 0 Å². The van der Waals surface area contributed by atoms with Crippen molar-refractivity contribution in [3.63, 3.8) is 0 Å². The lowest BCUT2D eigenvalue weighted by Gasteiger charge is -2.17. The van der Waals surface area contributed by atoms with Gasteiger partial charge in [-0.1, -0.05) is 0 Å². The van der Waals surface area contributed by atoms with E-state index in [1.54, 1.807) is 0 Å². The number of nitrogens with two attached hydrogens (primary N) is 1. The lowest BCUT2D eigenvalue weighted by Crippen LogP contribution is -2.17. The summed E-state index contributed by atoms with van der Waals surface area (Å²) in [6.45, 7) is 1.86. The van der Waals surface area contributed by atoms with Gasteiger partial charge < -0.3 is 5.73 Å². The van der Waals surface area contributed by atoms with Gasteiger partial charge in [-0.2, -0.15) is 11.8 Å². The third-order valence-corrected chi connectivity index (χ3v) is 2.63. The molecule has 3 heteroatoms. The van der Waals surface area contributed by atoms with Crippen LogP contribution in [0.2, 0.25) is 0 Å². The van der Waals surface area contributed by atoms with E-state index in [1.165, 1.54) is 24.3 Å². The van der Waals surface area contributed by atoms with Crippen molar-refractivity contribution >= 4 is 17.6 Å². The maximum Gasteiger partial charge on any atom is 0.0909 e. The zero-order valence-corrected chi connectivity index (χ0v) is 7.16. The molecule has 0 aromatic heterocycles. The first-order valence-electron chi connectivity index (χ1n) is 3.66. The minimum atomic E-state index is 0.520. The Morgan fingerprint density at radius 3 is 2.60 bits per heavy atom. The Morgan fingerprint density at radius 2 is 2.10 bits per heavy atom. The minimum absolute atomic E-state index is 0.520. The van der Waals surface area contributed by atoms with Gasteiger partial charge in [-0.05, 0) is 31.3 Å². The van der Waals surface area contributed by atoms with Crippen LogP contribution in [-0.4, -0.2) is 23.4 Å². The molecule has 2 nitrogen and oxygen atoms in total. The third-order valence-electron chi connectivity index (χ3n) is 1.58. The molecule has 1 aliphatic rings. The van der Waals surface area contributed by atoms with Crippen molar-refractivity contribution in [2.45, 2.75) is 25.8 Å². The molecular weight excluding hydrogens is 144 g/mol. The normalized spacial score (nSPS) is 23.1. The first-order valence-corrected chi connectivity index (χ1v) is 4.82. The van der Waals surface area contributed by atoms with Gasteiger partial charge in [0.05, 0.1) is 11.9 Å². The molecule has 10 heavy (non-hydrogen) atoms. The topological polar surface area (TPSA) is 38.4 Å². The summed E-state index contributed by atoms with van der Waals surface area (Å²) in [6.07, 6.45) is 2.42. The predicted octanol–water partition coefficient (Wildman–Crippen LogP) is 1.26. The highest BCUT2D eigenvalue weighted by molar-refractivity contribution is 7.99. The fourth-order valence-corrected chi connectivity index (χ4v) is 2.18. The zero-order chi connectivity index (χ0) is 7.40. The summed E-state index contributed by atoms with van der Waals surface area (Å²) >= 11 is 2.02. The number of rotatable bonds is 1. The van der Waals surface area contributed by atoms with Gasteiger partial charge in [-0.15, -0.1) is 0 Å². The fourth-order valence-electron chi connectivity index (χ4n) is 1.10. The van der Waals surface area contributed by atoms with Crippen LogP contribution in [0.1, 0.15) is 19.8 Å². The number of amidine groups is 1. The molecule has 0 atom stereocenters. The van der Waals surface area contributed by atoms with Gasteiger partial charge in [0.2, 0.25) is 0 Å². The molecule has 0 radical (unpaired) electrons.